The average molecular weight is 241 g/mol. The van der Waals surface area contributed by atoms with Crippen molar-refractivity contribution in [1.29, 1.82) is 0 Å². The normalized spacial score (nSPS) is 31.3. The molecule has 0 amide bonds. The molecule has 0 aromatic rings. The molecule has 3 nitrogen and oxygen atoms in total. The second-order valence-corrected chi connectivity index (χ2v) is 5.79. The smallest absolute Gasteiger partial charge is 0.323 e. The van der Waals surface area contributed by atoms with Gasteiger partial charge in [-0.1, -0.05) is 40.5 Å². The third-order valence-electron chi connectivity index (χ3n) is 4.22. The SMILES string of the molecule is COC(=O)C(NC1CCCC(C)C1C)C(C)C. The molecule has 3 heteroatoms. The third-order valence-corrected chi connectivity index (χ3v) is 4.22. The predicted molar refractivity (Wildman–Crippen MR) is 69.7 cm³/mol. The van der Waals surface area contributed by atoms with E-state index in [1.807, 2.05) is 0 Å². The highest BCUT2D eigenvalue weighted by molar-refractivity contribution is 5.75. The molecule has 0 aromatic heterocycles. The summed E-state index contributed by atoms with van der Waals surface area (Å²) in [6.45, 7) is 8.72. The first-order valence-corrected chi connectivity index (χ1v) is 6.81. The van der Waals surface area contributed by atoms with E-state index in [-0.39, 0.29) is 17.9 Å². The molecular formula is C14H27NO2. The number of esters is 1. The van der Waals surface area contributed by atoms with Crippen LogP contribution in [0, 0.1) is 17.8 Å². The summed E-state index contributed by atoms with van der Waals surface area (Å²) in [5, 5.41) is 3.51. The molecular weight excluding hydrogens is 214 g/mol. The largest absolute Gasteiger partial charge is 0.468 e. The number of carbonyl (C=O) groups excluding carboxylic acids is 1. The molecule has 0 aliphatic heterocycles. The fourth-order valence-electron chi connectivity index (χ4n) is 2.71. The van der Waals surface area contributed by atoms with E-state index >= 15 is 0 Å². The van der Waals surface area contributed by atoms with Crippen LogP contribution in [0.4, 0.5) is 0 Å². The third kappa shape index (κ3) is 3.70. The predicted octanol–water partition coefficient (Wildman–Crippen LogP) is 2.60. The molecule has 100 valence electrons. The molecule has 0 radical (unpaired) electrons. The summed E-state index contributed by atoms with van der Waals surface area (Å²) >= 11 is 0. The van der Waals surface area contributed by atoms with Gasteiger partial charge in [-0.15, -0.1) is 0 Å². The number of hydrogen-bond acceptors (Lipinski definition) is 3. The highest BCUT2D eigenvalue weighted by Crippen LogP contribution is 2.30. The van der Waals surface area contributed by atoms with Crippen molar-refractivity contribution >= 4 is 5.97 Å². The number of rotatable bonds is 4. The van der Waals surface area contributed by atoms with Gasteiger partial charge in [0, 0.05) is 6.04 Å². The molecule has 1 rings (SSSR count). The fourth-order valence-corrected chi connectivity index (χ4v) is 2.71. The first-order chi connectivity index (χ1) is 7.97. The lowest BCUT2D eigenvalue weighted by Crippen LogP contribution is -2.51. The van der Waals surface area contributed by atoms with Gasteiger partial charge in [0.05, 0.1) is 7.11 Å². The minimum Gasteiger partial charge on any atom is -0.468 e. The summed E-state index contributed by atoms with van der Waals surface area (Å²) in [7, 11) is 1.46. The molecule has 1 saturated carbocycles. The Hall–Kier alpha value is -0.570. The topological polar surface area (TPSA) is 38.3 Å². The minimum atomic E-state index is -0.169. The van der Waals surface area contributed by atoms with Gasteiger partial charge >= 0.3 is 5.97 Å². The lowest BCUT2D eigenvalue weighted by atomic mass is 9.77. The second kappa shape index (κ2) is 6.39. The van der Waals surface area contributed by atoms with Crippen molar-refractivity contribution in [3.8, 4) is 0 Å². The molecule has 0 saturated heterocycles. The highest BCUT2D eigenvalue weighted by Gasteiger charge is 2.32. The summed E-state index contributed by atoms with van der Waals surface area (Å²) in [6.07, 6.45) is 3.74. The van der Waals surface area contributed by atoms with Gasteiger partial charge in [0.2, 0.25) is 0 Å². The quantitative estimate of drug-likeness (QED) is 0.769. The van der Waals surface area contributed by atoms with Gasteiger partial charge in [-0.2, -0.15) is 0 Å². The highest BCUT2D eigenvalue weighted by atomic mass is 16.5. The Labute approximate surface area is 105 Å². The Morgan fingerprint density at radius 1 is 1.29 bits per heavy atom. The number of hydrogen-bond donors (Lipinski definition) is 1. The zero-order valence-electron chi connectivity index (χ0n) is 11.8. The van der Waals surface area contributed by atoms with Gasteiger partial charge in [-0.05, 0) is 24.2 Å². The van der Waals surface area contributed by atoms with Crippen molar-refractivity contribution in [3.05, 3.63) is 0 Å². The average Bonchev–Trinajstić information content (AvgIpc) is 2.29. The summed E-state index contributed by atoms with van der Waals surface area (Å²) < 4.78 is 4.88. The lowest BCUT2D eigenvalue weighted by Gasteiger charge is -2.37. The minimum absolute atomic E-state index is 0.134. The van der Waals surface area contributed by atoms with Crippen LogP contribution in [0.5, 0.6) is 0 Å². The maximum atomic E-state index is 11.7. The summed E-state index contributed by atoms with van der Waals surface area (Å²) in [6, 6.07) is 0.281. The van der Waals surface area contributed by atoms with E-state index in [9.17, 15) is 4.79 Å². The van der Waals surface area contributed by atoms with Crippen LogP contribution in [0.3, 0.4) is 0 Å². The Kier molecular flexibility index (Phi) is 5.44. The number of ether oxygens (including phenoxy) is 1. The van der Waals surface area contributed by atoms with Crippen molar-refractivity contribution < 1.29 is 9.53 Å². The number of carbonyl (C=O) groups is 1. The number of methoxy groups -OCH3 is 1. The van der Waals surface area contributed by atoms with E-state index in [4.69, 9.17) is 4.74 Å². The van der Waals surface area contributed by atoms with E-state index in [1.54, 1.807) is 0 Å². The zero-order chi connectivity index (χ0) is 13.0. The Morgan fingerprint density at radius 2 is 1.94 bits per heavy atom. The fraction of sp³-hybridized carbons (Fsp3) is 0.929. The van der Waals surface area contributed by atoms with Crippen LogP contribution in [0.2, 0.25) is 0 Å². The molecule has 4 atom stereocenters. The van der Waals surface area contributed by atoms with Gasteiger partial charge in [0.15, 0.2) is 0 Å². The summed E-state index contributed by atoms with van der Waals surface area (Å²) in [4.78, 5) is 11.7. The molecule has 0 aromatic carbocycles. The van der Waals surface area contributed by atoms with Crippen molar-refractivity contribution in [1.82, 2.24) is 5.32 Å². The van der Waals surface area contributed by atoms with Crippen molar-refractivity contribution in [2.24, 2.45) is 17.8 Å². The van der Waals surface area contributed by atoms with E-state index in [0.29, 0.717) is 12.0 Å². The van der Waals surface area contributed by atoms with Crippen molar-refractivity contribution in [3.63, 3.8) is 0 Å². The maximum Gasteiger partial charge on any atom is 0.323 e. The van der Waals surface area contributed by atoms with E-state index in [0.717, 1.165) is 5.92 Å². The van der Waals surface area contributed by atoms with Crippen LogP contribution >= 0.6 is 0 Å². The zero-order valence-corrected chi connectivity index (χ0v) is 11.8. The van der Waals surface area contributed by atoms with Crippen LogP contribution in [0.1, 0.15) is 47.0 Å². The van der Waals surface area contributed by atoms with E-state index in [2.05, 4.69) is 33.0 Å². The molecule has 1 aliphatic carbocycles. The molecule has 0 spiro atoms. The van der Waals surface area contributed by atoms with Gasteiger partial charge in [-0.25, -0.2) is 0 Å². The van der Waals surface area contributed by atoms with Crippen molar-refractivity contribution in [2.75, 3.05) is 7.11 Å². The lowest BCUT2D eigenvalue weighted by molar-refractivity contribution is -0.144. The molecule has 4 unspecified atom stereocenters. The van der Waals surface area contributed by atoms with Gasteiger partial charge in [-0.3, -0.25) is 4.79 Å². The maximum absolute atomic E-state index is 11.7. The molecule has 1 aliphatic rings. The molecule has 0 bridgehead atoms. The van der Waals surface area contributed by atoms with Crippen LogP contribution in [0.15, 0.2) is 0 Å². The molecule has 0 heterocycles. The molecule has 1 fully saturated rings. The summed E-state index contributed by atoms with van der Waals surface area (Å²) in [5.41, 5.74) is 0. The van der Waals surface area contributed by atoms with Gasteiger partial charge in [0.1, 0.15) is 6.04 Å². The van der Waals surface area contributed by atoms with Crippen molar-refractivity contribution in [2.45, 2.75) is 59.0 Å². The van der Waals surface area contributed by atoms with E-state index < -0.39 is 0 Å². The molecule has 1 N–H and O–H groups in total. The monoisotopic (exact) mass is 241 g/mol. The van der Waals surface area contributed by atoms with Crippen LogP contribution < -0.4 is 5.32 Å². The van der Waals surface area contributed by atoms with Crippen LogP contribution in [-0.4, -0.2) is 25.2 Å². The second-order valence-electron chi connectivity index (χ2n) is 5.79. The van der Waals surface area contributed by atoms with Crippen LogP contribution in [-0.2, 0) is 9.53 Å². The first kappa shape index (κ1) is 14.5. The number of nitrogens with one attached hydrogen (secondary N) is 1. The summed E-state index contributed by atoms with van der Waals surface area (Å²) in [5.74, 6) is 1.51. The Balaban J connectivity index is 2.63. The first-order valence-electron chi connectivity index (χ1n) is 6.81. The van der Waals surface area contributed by atoms with Gasteiger partial charge < -0.3 is 10.1 Å². The van der Waals surface area contributed by atoms with Crippen LogP contribution in [0.25, 0.3) is 0 Å². The van der Waals surface area contributed by atoms with Gasteiger partial charge in [0.25, 0.3) is 0 Å². The Bertz CT molecular complexity index is 253. The Morgan fingerprint density at radius 3 is 2.47 bits per heavy atom. The standard InChI is InChI=1S/C14H27NO2/c1-9(2)13(14(16)17-5)15-12-8-6-7-10(3)11(12)4/h9-13,15H,6-8H2,1-5H3. The molecule has 17 heavy (non-hydrogen) atoms. The van der Waals surface area contributed by atoms with E-state index in [1.165, 1.54) is 26.4 Å².